The van der Waals surface area contributed by atoms with Gasteiger partial charge in [0.1, 0.15) is 17.7 Å². The predicted octanol–water partition coefficient (Wildman–Crippen LogP) is 4.33. The van der Waals surface area contributed by atoms with E-state index in [9.17, 15) is 14.4 Å². The van der Waals surface area contributed by atoms with E-state index in [2.05, 4.69) is 23.3 Å². The molecule has 0 aromatic heterocycles. The number of alkyl carbamates (subject to hydrolysis) is 1. The first-order chi connectivity index (χ1) is 16.5. The lowest BCUT2D eigenvalue weighted by Crippen LogP contribution is -2.53. The molecule has 0 bridgehead atoms. The number of benzene rings is 2. The highest BCUT2D eigenvalue weighted by atomic mass is 32.1. The number of thiol groups is 1. The van der Waals surface area contributed by atoms with Crippen LogP contribution in [0.1, 0.15) is 56.0 Å². The quantitative estimate of drug-likeness (QED) is 0.448. The van der Waals surface area contributed by atoms with Crippen molar-refractivity contribution in [3.63, 3.8) is 0 Å². The molecule has 0 fully saturated rings. The Bertz CT molecular complexity index is 1020. The summed E-state index contributed by atoms with van der Waals surface area (Å²) < 4.78 is 5.31. The number of carbonyl (C=O) groups excluding carboxylic acids is 3. The summed E-state index contributed by atoms with van der Waals surface area (Å²) >= 11 is 4.29. The van der Waals surface area contributed by atoms with Gasteiger partial charge in [-0.25, -0.2) is 4.79 Å². The van der Waals surface area contributed by atoms with Crippen LogP contribution < -0.4 is 10.6 Å². The average Bonchev–Trinajstić information content (AvgIpc) is 2.80. The molecule has 8 heteroatoms. The zero-order valence-electron chi connectivity index (χ0n) is 21.4. The minimum absolute atomic E-state index is 0.0553. The number of amides is 3. The van der Waals surface area contributed by atoms with E-state index in [0.29, 0.717) is 6.54 Å². The zero-order chi connectivity index (χ0) is 26.2. The summed E-state index contributed by atoms with van der Waals surface area (Å²) in [6, 6.07) is 13.6. The predicted molar refractivity (Wildman–Crippen MR) is 141 cm³/mol. The number of hydrogen-bond donors (Lipinski definition) is 3. The van der Waals surface area contributed by atoms with Crippen LogP contribution in [-0.4, -0.2) is 46.7 Å². The van der Waals surface area contributed by atoms with Gasteiger partial charge in [-0.15, -0.1) is 0 Å². The highest BCUT2D eigenvalue weighted by Crippen LogP contribution is 2.27. The van der Waals surface area contributed by atoms with E-state index in [1.54, 1.807) is 20.8 Å². The molecule has 2 rings (SSSR count). The van der Waals surface area contributed by atoms with Crippen LogP contribution in [0.15, 0.2) is 48.5 Å². The second kappa shape index (κ2) is 12.6. The SMILES string of the molecule is CCN(C(=O)C(CS)NC(=O)OC(C)(C)C)C(C(=O)NCc1ccccc1)c1cc(C)ccc1C. The van der Waals surface area contributed by atoms with Crippen LogP contribution in [0, 0.1) is 13.8 Å². The summed E-state index contributed by atoms with van der Waals surface area (Å²) in [5.74, 6) is -0.651. The number of hydrogen-bond acceptors (Lipinski definition) is 5. The Labute approximate surface area is 214 Å². The summed E-state index contributed by atoms with van der Waals surface area (Å²) in [5, 5.41) is 5.59. The standard InChI is InChI=1S/C27H37N3O4S/c1-7-30(25(32)22(17-35)29-26(33)34-27(4,5)6)23(21-15-18(2)13-14-19(21)3)24(31)28-16-20-11-9-8-10-12-20/h8-15,22-23,35H,7,16-17H2,1-6H3,(H,28,31)(H,29,33). The number of nitrogens with zero attached hydrogens (tertiary/aromatic N) is 1. The molecule has 2 N–H and O–H groups in total. The third kappa shape index (κ3) is 8.31. The van der Waals surface area contributed by atoms with Gasteiger partial charge in [0.15, 0.2) is 0 Å². The summed E-state index contributed by atoms with van der Waals surface area (Å²) in [6.07, 6.45) is -0.710. The highest BCUT2D eigenvalue weighted by molar-refractivity contribution is 7.80. The highest BCUT2D eigenvalue weighted by Gasteiger charge is 2.35. The molecule has 7 nitrogen and oxygen atoms in total. The van der Waals surface area contributed by atoms with Crippen molar-refractivity contribution in [2.24, 2.45) is 0 Å². The Morgan fingerprint density at radius 3 is 2.29 bits per heavy atom. The molecule has 2 atom stereocenters. The van der Waals surface area contributed by atoms with Gasteiger partial charge in [0.2, 0.25) is 11.8 Å². The normalized spacial score (nSPS) is 12.9. The Hall–Kier alpha value is -3.00. The molecule has 3 amide bonds. The van der Waals surface area contributed by atoms with Crippen LogP contribution in [0.2, 0.25) is 0 Å². The molecule has 0 aliphatic heterocycles. The molecule has 190 valence electrons. The Morgan fingerprint density at radius 2 is 1.71 bits per heavy atom. The van der Waals surface area contributed by atoms with Gasteiger partial charge in [0.25, 0.3) is 0 Å². The van der Waals surface area contributed by atoms with Gasteiger partial charge in [0, 0.05) is 18.8 Å². The van der Waals surface area contributed by atoms with E-state index in [0.717, 1.165) is 22.3 Å². The Kier molecular flexibility index (Phi) is 10.2. The number of ether oxygens (including phenoxy) is 1. The smallest absolute Gasteiger partial charge is 0.408 e. The largest absolute Gasteiger partial charge is 0.444 e. The third-order valence-electron chi connectivity index (χ3n) is 5.39. The van der Waals surface area contributed by atoms with Crippen LogP contribution in [0.3, 0.4) is 0 Å². The van der Waals surface area contributed by atoms with Gasteiger partial charge >= 0.3 is 6.09 Å². The van der Waals surface area contributed by atoms with Crippen molar-refractivity contribution in [2.75, 3.05) is 12.3 Å². The minimum atomic E-state index is -0.956. The van der Waals surface area contributed by atoms with Crippen molar-refractivity contribution in [1.82, 2.24) is 15.5 Å². The summed E-state index contributed by atoms with van der Waals surface area (Å²) in [6.45, 7) is 11.5. The van der Waals surface area contributed by atoms with Crippen LogP contribution in [0.5, 0.6) is 0 Å². The van der Waals surface area contributed by atoms with Crippen molar-refractivity contribution in [3.8, 4) is 0 Å². The zero-order valence-corrected chi connectivity index (χ0v) is 22.3. The van der Waals surface area contributed by atoms with Gasteiger partial charge in [0.05, 0.1) is 0 Å². The van der Waals surface area contributed by atoms with E-state index in [-0.39, 0.29) is 18.2 Å². The first kappa shape index (κ1) is 28.2. The van der Waals surface area contributed by atoms with Gasteiger partial charge in [-0.3, -0.25) is 9.59 Å². The van der Waals surface area contributed by atoms with Crippen molar-refractivity contribution < 1.29 is 19.1 Å². The second-order valence-electron chi connectivity index (χ2n) is 9.47. The van der Waals surface area contributed by atoms with Gasteiger partial charge in [-0.05, 0) is 58.2 Å². The summed E-state index contributed by atoms with van der Waals surface area (Å²) in [7, 11) is 0. The fourth-order valence-electron chi connectivity index (χ4n) is 3.69. The van der Waals surface area contributed by atoms with Crippen molar-refractivity contribution >= 4 is 30.5 Å². The Morgan fingerprint density at radius 1 is 1.06 bits per heavy atom. The van der Waals surface area contributed by atoms with Gasteiger partial charge in [-0.2, -0.15) is 12.6 Å². The van der Waals surface area contributed by atoms with Crippen molar-refractivity contribution in [3.05, 3.63) is 70.8 Å². The van der Waals surface area contributed by atoms with E-state index in [1.807, 2.05) is 69.3 Å². The lowest BCUT2D eigenvalue weighted by molar-refractivity contribution is -0.141. The summed E-state index contributed by atoms with van der Waals surface area (Å²) in [4.78, 5) is 41.0. The molecule has 0 radical (unpaired) electrons. The van der Waals surface area contributed by atoms with E-state index >= 15 is 0 Å². The maximum atomic E-state index is 13.6. The number of rotatable bonds is 9. The fraction of sp³-hybridized carbons (Fsp3) is 0.444. The molecule has 0 heterocycles. The monoisotopic (exact) mass is 499 g/mol. The fourth-order valence-corrected chi connectivity index (χ4v) is 3.94. The molecule has 2 aromatic carbocycles. The van der Waals surface area contributed by atoms with E-state index in [4.69, 9.17) is 4.74 Å². The number of nitrogens with one attached hydrogen (secondary N) is 2. The topological polar surface area (TPSA) is 87.7 Å². The molecule has 0 aliphatic rings. The first-order valence-corrected chi connectivity index (χ1v) is 12.4. The lowest BCUT2D eigenvalue weighted by atomic mass is 9.96. The van der Waals surface area contributed by atoms with Gasteiger partial charge < -0.3 is 20.3 Å². The number of carbonyl (C=O) groups is 3. The van der Waals surface area contributed by atoms with E-state index < -0.39 is 29.7 Å². The Balaban J connectivity index is 2.37. The molecule has 2 unspecified atom stereocenters. The maximum Gasteiger partial charge on any atom is 0.408 e. The third-order valence-corrected chi connectivity index (χ3v) is 5.76. The molecular weight excluding hydrogens is 462 g/mol. The number of aryl methyl sites for hydroxylation is 2. The second-order valence-corrected chi connectivity index (χ2v) is 9.84. The average molecular weight is 500 g/mol. The molecule has 0 saturated heterocycles. The molecule has 0 saturated carbocycles. The lowest BCUT2D eigenvalue weighted by Gasteiger charge is -2.34. The summed E-state index contributed by atoms with van der Waals surface area (Å²) in [5.41, 5.74) is 2.85. The molecule has 0 aliphatic carbocycles. The van der Waals surface area contributed by atoms with Crippen molar-refractivity contribution in [2.45, 2.75) is 65.8 Å². The van der Waals surface area contributed by atoms with Crippen LogP contribution in [-0.2, 0) is 20.9 Å². The van der Waals surface area contributed by atoms with Crippen LogP contribution in [0.25, 0.3) is 0 Å². The van der Waals surface area contributed by atoms with Gasteiger partial charge in [-0.1, -0.05) is 54.1 Å². The van der Waals surface area contributed by atoms with Crippen LogP contribution in [0.4, 0.5) is 4.79 Å². The van der Waals surface area contributed by atoms with E-state index in [1.165, 1.54) is 4.90 Å². The maximum absolute atomic E-state index is 13.6. The first-order valence-electron chi connectivity index (χ1n) is 11.8. The van der Waals surface area contributed by atoms with Crippen LogP contribution >= 0.6 is 12.6 Å². The minimum Gasteiger partial charge on any atom is -0.444 e. The molecule has 0 spiro atoms. The molecular formula is C27H37N3O4S. The molecule has 2 aromatic rings. The molecule has 35 heavy (non-hydrogen) atoms. The van der Waals surface area contributed by atoms with Crippen molar-refractivity contribution in [1.29, 1.82) is 0 Å². The number of likely N-dealkylation sites (N-methyl/N-ethyl adjacent to an activating group) is 1.